The Morgan fingerprint density at radius 1 is 1.03 bits per heavy atom. The maximum absolute atomic E-state index is 5.68. The number of para-hydroxylation sites is 1. The predicted octanol–water partition coefficient (Wildman–Crippen LogP) is 4.60. The number of ether oxygens (including phenoxy) is 1. The van der Waals surface area contributed by atoms with Crippen molar-refractivity contribution in [3.8, 4) is 16.9 Å². The Morgan fingerprint density at radius 3 is 2.59 bits per heavy atom. The lowest BCUT2D eigenvalue weighted by Gasteiger charge is -2.14. The Morgan fingerprint density at radius 2 is 1.82 bits per heavy atom. The van der Waals surface area contributed by atoms with Gasteiger partial charge in [-0.1, -0.05) is 55.3 Å². The number of hydrogen-bond donors (Lipinski definition) is 3. The molecule has 34 heavy (non-hydrogen) atoms. The molecule has 176 valence electrons. The Balaban J connectivity index is 1.38. The van der Waals surface area contributed by atoms with Gasteiger partial charge in [0.1, 0.15) is 5.75 Å². The van der Waals surface area contributed by atoms with E-state index in [-0.39, 0.29) is 0 Å². The summed E-state index contributed by atoms with van der Waals surface area (Å²) in [5, 5.41) is 6.71. The van der Waals surface area contributed by atoms with Gasteiger partial charge in [-0.05, 0) is 30.0 Å². The molecule has 0 saturated heterocycles. The van der Waals surface area contributed by atoms with Gasteiger partial charge in [0.25, 0.3) is 0 Å². The lowest BCUT2D eigenvalue weighted by Crippen LogP contribution is -2.16. The summed E-state index contributed by atoms with van der Waals surface area (Å²) in [7, 11) is 1.70. The fourth-order valence-corrected chi connectivity index (χ4v) is 4.62. The van der Waals surface area contributed by atoms with E-state index in [1.54, 1.807) is 7.11 Å². The summed E-state index contributed by atoms with van der Waals surface area (Å²) >= 11 is 0. The van der Waals surface area contributed by atoms with Crippen LogP contribution in [0.4, 0.5) is 11.8 Å². The van der Waals surface area contributed by atoms with Gasteiger partial charge in [-0.3, -0.25) is 0 Å². The van der Waals surface area contributed by atoms with Gasteiger partial charge in [-0.15, -0.1) is 0 Å². The van der Waals surface area contributed by atoms with E-state index in [4.69, 9.17) is 20.4 Å². The molecule has 0 radical (unpaired) electrons. The summed E-state index contributed by atoms with van der Waals surface area (Å²) < 4.78 is 7.72. The molecule has 8 heteroatoms. The quantitative estimate of drug-likeness (QED) is 0.337. The minimum Gasteiger partial charge on any atom is -0.496 e. The van der Waals surface area contributed by atoms with Crippen molar-refractivity contribution < 1.29 is 4.74 Å². The fourth-order valence-electron chi connectivity index (χ4n) is 4.62. The molecule has 1 fully saturated rings. The second-order valence-electron chi connectivity index (χ2n) is 8.62. The SMILES string of the molecule is COc1ccccc1-c1ccc(CNc2nc(NCCN)nc3c2ncn3C2CCCC2)cc1. The number of benzene rings is 2. The molecule has 2 aromatic heterocycles. The van der Waals surface area contributed by atoms with Crippen molar-refractivity contribution in [1.82, 2.24) is 19.5 Å². The molecular weight excluding hydrogens is 426 g/mol. The molecular formula is C26H31N7O. The van der Waals surface area contributed by atoms with E-state index < -0.39 is 0 Å². The second-order valence-corrected chi connectivity index (χ2v) is 8.62. The van der Waals surface area contributed by atoms with Gasteiger partial charge in [0.15, 0.2) is 17.0 Å². The van der Waals surface area contributed by atoms with E-state index in [0.717, 1.165) is 39.4 Å². The first-order chi connectivity index (χ1) is 16.8. The highest BCUT2D eigenvalue weighted by Gasteiger charge is 2.21. The van der Waals surface area contributed by atoms with Crippen molar-refractivity contribution in [2.75, 3.05) is 30.8 Å². The molecule has 0 amide bonds. The second kappa shape index (κ2) is 10.1. The first kappa shape index (κ1) is 22.2. The smallest absolute Gasteiger partial charge is 0.226 e. The average molecular weight is 458 g/mol. The van der Waals surface area contributed by atoms with Gasteiger partial charge >= 0.3 is 0 Å². The number of nitrogens with zero attached hydrogens (tertiary/aromatic N) is 4. The summed E-state index contributed by atoms with van der Waals surface area (Å²) in [5.41, 5.74) is 10.7. The number of imidazole rings is 1. The van der Waals surface area contributed by atoms with Crippen LogP contribution in [0.5, 0.6) is 5.75 Å². The Kier molecular flexibility index (Phi) is 6.58. The number of aromatic nitrogens is 4. The number of hydrogen-bond acceptors (Lipinski definition) is 7. The zero-order valence-electron chi connectivity index (χ0n) is 19.5. The van der Waals surface area contributed by atoms with E-state index in [2.05, 4.69) is 50.5 Å². The molecule has 8 nitrogen and oxygen atoms in total. The van der Waals surface area contributed by atoms with Crippen LogP contribution in [0.15, 0.2) is 54.9 Å². The third-order valence-electron chi connectivity index (χ3n) is 6.40. The van der Waals surface area contributed by atoms with Gasteiger partial charge in [0.2, 0.25) is 5.95 Å². The van der Waals surface area contributed by atoms with Gasteiger partial charge in [0.05, 0.1) is 13.4 Å². The zero-order chi connectivity index (χ0) is 23.3. The fraction of sp³-hybridized carbons (Fsp3) is 0.346. The first-order valence-electron chi connectivity index (χ1n) is 11.9. The molecule has 1 aliphatic rings. The third kappa shape index (κ3) is 4.54. The zero-order valence-corrected chi connectivity index (χ0v) is 19.5. The van der Waals surface area contributed by atoms with Crippen LogP contribution in [0.2, 0.25) is 0 Å². The van der Waals surface area contributed by atoms with Crippen LogP contribution in [0, 0.1) is 0 Å². The minimum atomic E-state index is 0.456. The van der Waals surface area contributed by atoms with Crippen LogP contribution in [0.3, 0.4) is 0 Å². The predicted molar refractivity (Wildman–Crippen MR) is 136 cm³/mol. The molecule has 0 aliphatic heterocycles. The van der Waals surface area contributed by atoms with Gasteiger partial charge < -0.3 is 25.7 Å². The molecule has 2 heterocycles. The van der Waals surface area contributed by atoms with E-state index in [0.29, 0.717) is 31.6 Å². The van der Waals surface area contributed by atoms with Crippen molar-refractivity contribution in [1.29, 1.82) is 0 Å². The largest absolute Gasteiger partial charge is 0.496 e. The number of anilines is 2. The topological polar surface area (TPSA) is 103 Å². The normalized spacial score (nSPS) is 13.9. The molecule has 0 spiro atoms. The molecule has 1 saturated carbocycles. The standard InChI is InChI=1S/C26H31N7O/c1-34-22-9-5-4-8-21(22)19-12-10-18(11-13-19)16-29-24-23-25(32-26(31-24)28-15-14-27)33(17-30-23)20-6-2-3-7-20/h4-5,8-13,17,20H,2-3,6-7,14-16,27H2,1H3,(H2,28,29,31,32). The summed E-state index contributed by atoms with van der Waals surface area (Å²) in [6.07, 6.45) is 6.76. The van der Waals surface area contributed by atoms with Crippen LogP contribution < -0.4 is 21.1 Å². The number of rotatable bonds is 9. The van der Waals surface area contributed by atoms with Crippen LogP contribution in [0.1, 0.15) is 37.3 Å². The average Bonchev–Trinajstić information content (AvgIpc) is 3.56. The molecule has 0 unspecified atom stereocenters. The minimum absolute atomic E-state index is 0.456. The third-order valence-corrected chi connectivity index (χ3v) is 6.40. The number of fused-ring (bicyclic) bond motifs is 1. The molecule has 1 aliphatic carbocycles. The van der Waals surface area contributed by atoms with Crippen LogP contribution in [-0.4, -0.2) is 39.7 Å². The Labute approximate surface area is 199 Å². The van der Waals surface area contributed by atoms with Crippen LogP contribution >= 0.6 is 0 Å². The molecule has 0 bridgehead atoms. The Bertz CT molecular complexity index is 1250. The Hall–Kier alpha value is -3.65. The number of methoxy groups -OCH3 is 1. The molecule has 4 N–H and O–H groups in total. The van der Waals surface area contributed by atoms with Crippen molar-refractivity contribution in [3.05, 3.63) is 60.4 Å². The summed E-state index contributed by atoms with van der Waals surface area (Å²) in [4.78, 5) is 14.1. The number of nitrogens with one attached hydrogen (secondary N) is 2. The van der Waals surface area contributed by atoms with Gasteiger partial charge in [-0.25, -0.2) is 4.98 Å². The monoisotopic (exact) mass is 457 g/mol. The van der Waals surface area contributed by atoms with E-state index >= 15 is 0 Å². The first-order valence-corrected chi connectivity index (χ1v) is 11.9. The maximum Gasteiger partial charge on any atom is 0.226 e. The van der Waals surface area contributed by atoms with Gasteiger partial charge in [0, 0.05) is 31.2 Å². The van der Waals surface area contributed by atoms with Crippen molar-refractivity contribution >= 4 is 22.9 Å². The van der Waals surface area contributed by atoms with E-state index in [1.165, 1.54) is 25.7 Å². The van der Waals surface area contributed by atoms with Crippen molar-refractivity contribution in [3.63, 3.8) is 0 Å². The lowest BCUT2D eigenvalue weighted by molar-refractivity contribution is 0.416. The molecule has 5 rings (SSSR count). The molecule has 0 atom stereocenters. The molecule has 2 aromatic carbocycles. The van der Waals surface area contributed by atoms with E-state index in [1.807, 2.05) is 24.5 Å². The van der Waals surface area contributed by atoms with Crippen LogP contribution in [0.25, 0.3) is 22.3 Å². The highest BCUT2D eigenvalue weighted by atomic mass is 16.5. The highest BCUT2D eigenvalue weighted by molar-refractivity contribution is 5.84. The number of nitrogens with two attached hydrogens (primary N) is 1. The lowest BCUT2D eigenvalue weighted by atomic mass is 10.0. The molecule has 4 aromatic rings. The van der Waals surface area contributed by atoms with E-state index in [9.17, 15) is 0 Å². The van der Waals surface area contributed by atoms with Gasteiger partial charge in [-0.2, -0.15) is 9.97 Å². The summed E-state index contributed by atoms with van der Waals surface area (Å²) in [6.45, 7) is 1.77. The van der Waals surface area contributed by atoms with Crippen LogP contribution in [-0.2, 0) is 6.54 Å². The van der Waals surface area contributed by atoms with Crippen molar-refractivity contribution in [2.45, 2.75) is 38.3 Å². The van der Waals surface area contributed by atoms with Crippen molar-refractivity contribution in [2.24, 2.45) is 5.73 Å². The summed E-state index contributed by atoms with van der Waals surface area (Å²) in [6, 6.07) is 17.0. The maximum atomic E-state index is 5.68. The summed E-state index contributed by atoms with van der Waals surface area (Å²) in [5.74, 6) is 2.17. The highest BCUT2D eigenvalue weighted by Crippen LogP contribution is 2.33.